The Morgan fingerprint density at radius 1 is 0.875 bits per heavy atom. The lowest BCUT2D eigenvalue weighted by molar-refractivity contribution is 0.0229. The van der Waals surface area contributed by atoms with Gasteiger partial charge in [0.05, 0.1) is 0 Å². The fourth-order valence-corrected chi connectivity index (χ4v) is 1.69. The third-order valence-corrected chi connectivity index (χ3v) is 2.68. The van der Waals surface area contributed by atoms with E-state index in [1.807, 2.05) is 14.1 Å². The largest absolute Gasteiger partial charge is 0.376 e. The highest BCUT2D eigenvalue weighted by Gasteiger charge is 2.19. The summed E-state index contributed by atoms with van der Waals surface area (Å²) in [5.74, 6) is 0. The summed E-state index contributed by atoms with van der Waals surface area (Å²) in [6, 6.07) is 0. The predicted molar refractivity (Wildman–Crippen MR) is 69.3 cm³/mol. The van der Waals surface area contributed by atoms with E-state index >= 15 is 0 Å². The van der Waals surface area contributed by atoms with E-state index in [0.717, 1.165) is 32.4 Å². The maximum Gasteiger partial charge on any atom is 0.113 e. The Morgan fingerprint density at radius 3 is 1.81 bits per heavy atom. The fraction of sp³-hybridized carbons (Fsp3) is 1.00. The van der Waals surface area contributed by atoms with Crippen LogP contribution in [0.1, 0.15) is 32.1 Å². The van der Waals surface area contributed by atoms with Crippen LogP contribution in [0.15, 0.2) is 0 Å². The summed E-state index contributed by atoms with van der Waals surface area (Å²) in [6.07, 6.45) is 4.43. The number of aliphatic hydroxyl groups is 1. The van der Waals surface area contributed by atoms with Crippen LogP contribution in [0.2, 0.25) is 0 Å². The van der Waals surface area contributed by atoms with Crippen molar-refractivity contribution < 1.29 is 5.11 Å². The zero-order valence-electron chi connectivity index (χ0n) is 11.4. The van der Waals surface area contributed by atoms with Gasteiger partial charge in [0.2, 0.25) is 0 Å². The average molecular weight is 231 g/mol. The molecule has 0 saturated heterocycles. The smallest absolute Gasteiger partial charge is 0.113 e. The van der Waals surface area contributed by atoms with E-state index in [-0.39, 0.29) is 0 Å². The first kappa shape index (κ1) is 15.8. The van der Waals surface area contributed by atoms with Gasteiger partial charge in [-0.3, -0.25) is 0 Å². The maximum absolute atomic E-state index is 9.94. The van der Waals surface area contributed by atoms with Gasteiger partial charge in [0.15, 0.2) is 0 Å². The van der Waals surface area contributed by atoms with Crippen molar-refractivity contribution in [2.24, 2.45) is 5.73 Å². The first-order chi connectivity index (χ1) is 7.33. The van der Waals surface area contributed by atoms with Crippen molar-refractivity contribution in [2.45, 2.75) is 37.8 Å². The highest BCUT2D eigenvalue weighted by molar-refractivity contribution is 4.71. The summed E-state index contributed by atoms with van der Waals surface area (Å²) in [7, 11) is 8.19. The van der Waals surface area contributed by atoms with Crippen molar-refractivity contribution in [1.82, 2.24) is 9.80 Å². The van der Waals surface area contributed by atoms with Crippen molar-refractivity contribution in [3.05, 3.63) is 0 Å². The monoisotopic (exact) mass is 231 g/mol. The van der Waals surface area contributed by atoms with Gasteiger partial charge in [0.25, 0.3) is 0 Å². The molecule has 0 radical (unpaired) electrons. The molecule has 4 nitrogen and oxygen atoms in total. The highest BCUT2D eigenvalue weighted by Crippen LogP contribution is 2.14. The van der Waals surface area contributed by atoms with E-state index < -0.39 is 5.72 Å². The van der Waals surface area contributed by atoms with E-state index in [0.29, 0.717) is 12.8 Å². The summed E-state index contributed by atoms with van der Waals surface area (Å²) >= 11 is 0. The van der Waals surface area contributed by atoms with Crippen LogP contribution in [-0.4, -0.2) is 61.9 Å². The lowest BCUT2D eigenvalue weighted by Crippen LogP contribution is -2.40. The van der Waals surface area contributed by atoms with Crippen LogP contribution >= 0.6 is 0 Å². The van der Waals surface area contributed by atoms with Crippen LogP contribution in [-0.2, 0) is 0 Å². The zero-order valence-corrected chi connectivity index (χ0v) is 11.4. The van der Waals surface area contributed by atoms with Crippen LogP contribution < -0.4 is 5.73 Å². The van der Waals surface area contributed by atoms with Crippen molar-refractivity contribution >= 4 is 0 Å². The van der Waals surface area contributed by atoms with Gasteiger partial charge in [0, 0.05) is 0 Å². The average Bonchev–Trinajstić information content (AvgIpc) is 2.11. The summed E-state index contributed by atoms with van der Waals surface area (Å²) < 4.78 is 0. The minimum absolute atomic E-state index is 0.688. The Kier molecular flexibility index (Phi) is 7.93. The minimum Gasteiger partial charge on any atom is -0.376 e. The standard InChI is InChI=1S/C12H29N3O/c1-14(2)10-6-5-8-12(13,16)9-7-11-15(3)4/h16H,5-11,13H2,1-4H3. The summed E-state index contributed by atoms with van der Waals surface area (Å²) in [5, 5.41) is 9.94. The molecule has 1 atom stereocenters. The number of hydrogen-bond donors (Lipinski definition) is 2. The molecule has 0 bridgehead atoms. The Morgan fingerprint density at radius 2 is 1.31 bits per heavy atom. The summed E-state index contributed by atoms with van der Waals surface area (Å²) in [4.78, 5) is 4.27. The van der Waals surface area contributed by atoms with Crippen LogP contribution in [0.5, 0.6) is 0 Å². The van der Waals surface area contributed by atoms with Gasteiger partial charge in [-0.1, -0.05) is 0 Å². The van der Waals surface area contributed by atoms with Crippen molar-refractivity contribution in [3.8, 4) is 0 Å². The molecule has 4 heteroatoms. The molecular weight excluding hydrogens is 202 g/mol. The molecule has 0 saturated carbocycles. The Balaban J connectivity index is 3.53. The summed E-state index contributed by atoms with van der Waals surface area (Å²) in [6.45, 7) is 2.05. The predicted octanol–water partition coefficient (Wildman–Crippen LogP) is 0.707. The van der Waals surface area contributed by atoms with Gasteiger partial charge in [-0.15, -0.1) is 0 Å². The molecule has 0 aromatic carbocycles. The van der Waals surface area contributed by atoms with Gasteiger partial charge in [0.1, 0.15) is 5.72 Å². The molecule has 0 aromatic rings. The topological polar surface area (TPSA) is 52.7 Å². The number of hydrogen-bond acceptors (Lipinski definition) is 4. The molecule has 0 heterocycles. The molecule has 0 aliphatic heterocycles. The Hall–Kier alpha value is -0.160. The fourth-order valence-electron chi connectivity index (χ4n) is 1.69. The number of nitrogens with zero attached hydrogens (tertiary/aromatic N) is 2. The Labute approximate surface area is 100 Å². The molecule has 0 spiro atoms. The second-order valence-corrected chi connectivity index (χ2v) is 5.27. The van der Waals surface area contributed by atoms with Crippen LogP contribution in [0.4, 0.5) is 0 Å². The molecule has 0 rings (SSSR count). The second-order valence-electron chi connectivity index (χ2n) is 5.27. The Bertz CT molecular complexity index is 170. The lowest BCUT2D eigenvalue weighted by atomic mass is 10.0. The van der Waals surface area contributed by atoms with Crippen LogP contribution in [0, 0.1) is 0 Å². The molecule has 3 N–H and O–H groups in total. The van der Waals surface area contributed by atoms with E-state index in [2.05, 4.69) is 23.9 Å². The molecule has 1 unspecified atom stereocenters. The number of nitrogens with two attached hydrogens (primary N) is 1. The maximum atomic E-state index is 9.94. The SMILES string of the molecule is CN(C)CCCCC(N)(O)CCCN(C)C. The minimum atomic E-state index is -0.970. The van der Waals surface area contributed by atoms with E-state index in [1.165, 1.54) is 0 Å². The highest BCUT2D eigenvalue weighted by atomic mass is 16.3. The van der Waals surface area contributed by atoms with Crippen molar-refractivity contribution in [2.75, 3.05) is 41.3 Å². The third-order valence-electron chi connectivity index (χ3n) is 2.68. The molecule has 0 aliphatic rings. The first-order valence-electron chi connectivity index (χ1n) is 6.14. The quantitative estimate of drug-likeness (QED) is 0.453. The van der Waals surface area contributed by atoms with Crippen molar-refractivity contribution in [3.63, 3.8) is 0 Å². The second kappa shape index (κ2) is 8.01. The van der Waals surface area contributed by atoms with Gasteiger partial charge in [-0.25, -0.2) is 0 Å². The molecule has 0 amide bonds. The van der Waals surface area contributed by atoms with Gasteiger partial charge in [-0.05, 0) is 73.4 Å². The molecule has 0 aromatic heterocycles. The summed E-state index contributed by atoms with van der Waals surface area (Å²) in [5.41, 5.74) is 4.87. The lowest BCUT2D eigenvalue weighted by Gasteiger charge is -2.24. The first-order valence-corrected chi connectivity index (χ1v) is 6.14. The molecular formula is C12H29N3O. The van der Waals surface area contributed by atoms with Crippen LogP contribution in [0.3, 0.4) is 0 Å². The van der Waals surface area contributed by atoms with Crippen LogP contribution in [0.25, 0.3) is 0 Å². The molecule has 0 aliphatic carbocycles. The number of rotatable bonds is 9. The van der Waals surface area contributed by atoms with Gasteiger partial charge >= 0.3 is 0 Å². The van der Waals surface area contributed by atoms with E-state index in [1.54, 1.807) is 0 Å². The zero-order chi connectivity index (χ0) is 12.6. The van der Waals surface area contributed by atoms with Crippen molar-refractivity contribution in [1.29, 1.82) is 0 Å². The molecule has 0 fully saturated rings. The molecule has 16 heavy (non-hydrogen) atoms. The van der Waals surface area contributed by atoms with Gasteiger partial charge in [-0.2, -0.15) is 0 Å². The van der Waals surface area contributed by atoms with Gasteiger partial charge < -0.3 is 20.6 Å². The molecule has 98 valence electrons. The number of unbranched alkanes of at least 4 members (excludes halogenated alkanes) is 1. The van der Waals surface area contributed by atoms with E-state index in [4.69, 9.17) is 5.73 Å². The normalized spacial score (nSPS) is 15.8. The third kappa shape index (κ3) is 10.4. The van der Waals surface area contributed by atoms with E-state index in [9.17, 15) is 5.11 Å².